The van der Waals surface area contributed by atoms with E-state index in [-0.39, 0.29) is 19.8 Å². The van der Waals surface area contributed by atoms with Crippen molar-refractivity contribution in [2.45, 2.75) is 12.5 Å². The molecule has 1 atom stereocenters. The van der Waals surface area contributed by atoms with Crippen molar-refractivity contribution in [3.05, 3.63) is 12.7 Å². The fraction of sp³-hybridized carbons (Fsp3) is 0.556. The molecule has 0 spiro atoms. The Hall–Kier alpha value is -1.40. The number of hydrogen-bond acceptors (Lipinski definition) is 4. The monoisotopic (exact) mass is 216 g/mol. The molecule has 0 aromatic heterocycles. The van der Waals surface area contributed by atoms with Gasteiger partial charge in [-0.2, -0.15) is 0 Å². The van der Waals surface area contributed by atoms with Gasteiger partial charge in [0.1, 0.15) is 12.7 Å². The number of carbonyl (C=O) groups excluding carboxylic acids is 2. The zero-order valence-corrected chi connectivity index (χ0v) is 8.48. The van der Waals surface area contributed by atoms with Crippen molar-refractivity contribution < 1.29 is 19.1 Å². The zero-order valence-electron chi connectivity index (χ0n) is 8.48. The normalized spacial score (nSPS) is 12.0. The molecule has 1 unspecified atom stereocenters. The molecule has 86 valence electrons. The lowest BCUT2D eigenvalue weighted by Crippen LogP contribution is -2.32. The van der Waals surface area contributed by atoms with Crippen LogP contribution in [0.25, 0.3) is 0 Å². The number of carbonyl (C=O) groups is 2. The summed E-state index contributed by atoms with van der Waals surface area (Å²) in [7, 11) is 0. The SMILES string of the molecule is C=CCC(OCCOCC(N)=O)C(N)=O. The molecule has 0 rings (SSSR count). The molecule has 0 aromatic rings. The summed E-state index contributed by atoms with van der Waals surface area (Å²) in [5.74, 6) is -1.10. The molecule has 6 nitrogen and oxygen atoms in total. The second-order valence-electron chi connectivity index (χ2n) is 2.81. The molecule has 4 N–H and O–H groups in total. The molecular formula is C9H16N2O4. The largest absolute Gasteiger partial charge is 0.369 e. The van der Waals surface area contributed by atoms with Gasteiger partial charge in [-0.15, -0.1) is 6.58 Å². The van der Waals surface area contributed by atoms with Crippen LogP contribution in [0.15, 0.2) is 12.7 Å². The van der Waals surface area contributed by atoms with Crippen LogP contribution < -0.4 is 11.5 Å². The molecule has 0 bridgehead atoms. The van der Waals surface area contributed by atoms with Gasteiger partial charge in [-0.05, 0) is 0 Å². The summed E-state index contributed by atoms with van der Waals surface area (Å²) in [6.45, 7) is 3.67. The summed E-state index contributed by atoms with van der Waals surface area (Å²) >= 11 is 0. The van der Waals surface area contributed by atoms with E-state index < -0.39 is 17.9 Å². The van der Waals surface area contributed by atoms with E-state index in [9.17, 15) is 9.59 Å². The maximum absolute atomic E-state index is 10.8. The van der Waals surface area contributed by atoms with Crippen LogP contribution in [0.5, 0.6) is 0 Å². The lowest BCUT2D eigenvalue weighted by atomic mass is 10.2. The minimum Gasteiger partial charge on any atom is -0.369 e. The Kier molecular flexibility index (Phi) is 7.21. The predicted octanol–water partition coefficient (Wildman–Crippen LogP) is -1.07. The Balaban J connectivity index is 3.57. The maximum atomic E-state index is 10.8. The standard InChI is InChI=1S/C9H16N2O4/c1-2-3-7(9(11)13)15-5-4-14-6-8(10)12/h2,7H,1,3-6H2,(H2,10,12)(H2,11,13). The van der Waals surface area contributed by atoms with Crippen molar-refractivity contribution in [2.24, 2.45) is 11.5 Å². The van der Waals surface area contributed by atoms with Gasteiger partial charge in [-0.25, -0.2) is 0 Å². The van der Waals surface area contributed by atoms with Crippen LogP contribution in [0, 0.1) is 0 Å². The number of ether oxygens (including phenoxy) is 2. The molecule has 15 heavy (non-hydrogen) atoms. The van der Waals surface area contributed by atoms with Gasteiger partial charge in [0.05, 0.1) is 13.2 Å². The molecule has 0 aliphatic heterocycles. The van der Waals surface area contributed by atoms with Gasteiger partial charge in [0.25, 0.3) is 0 Å². The summed E-state index contributed by atoms with van der Waals surface area (Å²) in [5.41, 5.74) is 9.90. The third-order valence-electron chi connectivity index (χ3n) is 1.49. The molecule has 2 amide bonds. The predicted molar refractivity (Wildman–Crippen MR) is 53.8 cm³/mol. The quantitative estimate of drug-likeness (QED) is 0.378. The van der Waals surface area contributed by atoms with Gasteiger partial charge in [-0.1, -0.05) is 6.08 Å². The summed E-state index contributed by atoms with van der Waals surface area (Å²) in [4.78, 5) is 21.1. The highest BCUT2D eigenvalue weighted by atomic mass is 16.5. The number of amides is 2. The van der Waals surface area contributed by atoms with Crippen LogP contribution in [0.1, 0.15) is 6.42 Å². The minimum atomic E-state index is -0.695. The average Bonchev–Trinajstić information content (AvgIpc) is 2.15. The first-order valence-corrected chi connectivity index (χ1v) is 4.45. The number of rotatable bonds is 9. The third-order valence-corrected chi connectivity index (χ3v) is 1.49. The highest BCUT2D eigenvalue weighted by Crippen LogP contribution is 1.98. The Morgan fingerprint density at radius 1 is 1.33 bits per heavy atom. The number of primary amides is 2. The molecule has 0 saturated heterocycles. The van der Waals surface area contributed by atoms with Crippen LogP contribution in [-0.2, 0) is 19.1 Å². The fourth-order valence-electron chi connectivity index (χ4n) is 0.840. The van der Waals surface area contributed by atoms with E-state index >= 15 is 0 Å². The minimum absolute atomic E-state index is 0.161. The first-order valence-electron chi connectivity index (χ1n) is 4.45. The molecule has 6 heteroatoms. The second kappa shape index (κ2) is 7.95. The highest BCUT2D eigenvalue weighted by molar-refractivity contribution is 5.79. The summed E-state index contributed by atoms with van der Waals surface area (Å²) in [5, 5.41) is 0. The van der Waals surface area contributed by atoms with Gasteiger partial charge in [0, 0.05) is 6.42 Å². The van der Waals surface area contributed by atoms with Crippen molar-refractivity contribution in [3.8, 4) is 0 Å². The van der Waals surface area contributed by atoms with Crippen molar-refractivity contribution in [3.63, 3.8) is 0 Å². The van der Waals surface area contributed by atoms with Gasteiger partial charge < -0.3 is 20.9 Å². The van der Waals surface area contributed by atoms with Gasteiger partial charge >= 0.3 is 0 Å². The van der Waals surface area contributed by atoms with Crippen molar-refractivity contribution >= 4 is 11.8 Å². The maximum Gasteiger partial charge on any atom is 0.246 e. The average molecular weight is 216 g/mol. The first-order chi connectivity index (χ1) is 7.07. The Bertz CT molecular complexity index is 230. The zero-order chi connectivity index (χ0) is 11.7. The van der Waals surface area contributed by atoms with E-state index in [0.717, 1.165) is 0 Å². The van der Waals surface area contributed by atoms with E-state index in [1.54, 1.807) is 6.08 Å². The third kappa shape index (κ3) is 7.65. The number of nitrogens with two attached hydrogens (primary N) is 2. The topological polar surface area (TPSA) is 105 Å². The lowest BCUT2D eigenvalue weighted by molar-refractivity contribution is -0.131. The highest BCUT2D eigenvalue weighted by Gasteiger charge is 2.13. The molecule has 0 saturated carbocycles. The van der Waals surface area contributed by atoms with E-state index in [1.807, 2.05) is 0 Å². The summed E-state index contributed by atoms with van der Waals surface area (Å²) in [6, 6.07) is 0. The van der Waals surface area contributed by atoms with E-state index in [2.05, 4.69) is 6.58 Å². The van der Waals surface area contributed by atoms with Crippen LogP contribution in [0.2, 0.25) is 0 Å². The van der Waals surface area contributed by atoms with Gasteiger partial charge in [-0.3, -0.25) is 9.59 Å². The van der Waals surface area contributed by atoms with Crippen molar-refractivity contribution in [1.82, 2.24) is 0 Å². The Morgan fingerprint density at radius 2 is 2.00 bits per heavy atom. The van der Waals surface area contributed by atoms with Crippen LogP contribution in [0.3, 0.4) is 0 Å². The van der Waals surface area contributed by atoms with E-state index in [4.69, 9.17) is 20.9 Å². The van der Waals surface area contributed by atoms with Crippen molar-refractivity contribution in [2.75, 3.05) is 19.8 Å². The Labute approximate surface area is 88.2 Å². The smallest absolute Gasteiger partial charge is 0.246 e. The molecular weight excluding hydrogens is 200 g/mol. The van der Waals surface area contributed by atoms with E-state index in [1.165, 1.54) is 0 Å². The molecule has 0 aliphatic carbocycles. The summed E-state index contributed by atoms with van der Waals surface area (Å²) < 4.78 is 9.93. The van der Waals surface area contributed by atoms with Crippen molar-refractivity contribution in [1.29, 1.82) is 0 Å². The van der Waals surface area contributed by atoms with Gasteiger partial charge in [0.2, 0.25) is 11.8 Å². The van der Waals surface area contributed by atoms with Crippen LogP contribution >= 0.6 is 0 Å². The van der Waals surface area contributed by atoms with Crippen LogP contribution in [-0.4, -0.2) is 37.7 Å². The fourth-order valence-corrected chi connectivity index (χ4v) is 0.840. The molecule has 0 radical (unpaired) electrons. The summed E-state index contributed by atoms with van der Waals surface area (Å²) in [6.07, 6.45) is 1.20. The molecule has 0 aliphatic rings. The first kappa shape index (κ1) is 13.6. The van der Waals surface area contributed by atoms with E-state index in [0.29, 0.717) is 6.42 Å². The number of hydrogen-bond donors (Lipinski definition) is 2. The molecule has 0 fully saturated rings. The van der Waals surface area contributed by atoms with Gasteiger partial charge in [0.15, 0.2) is 0 Å². The Morgan fingerprint density at radius 3 is 2.47 bits per heavy atom. The second-order valence-corrected chi connectivity index (χ2v) is 2.81. The van der Waals surface area contributed by atoms with Crippen LogP contribution in [0.4, 0.5) is 0 Å². The molecule has 0 heterocycles. The lowest BCUT2D eigenvalue weighted by Gasteiger charge is -2.12. The molecule has 0 aromatic carbocycles.